The van der Waals surface area contributed by atoms with Crippen molar-refractivity contribution >= 4 is 11.8 Å². The molecule has 2 aliphatic rings. The zero-order valence-corrected chi connectivity index (χ0v) is 15.9. The van der Waals surface area contributed by atoms with Crippen LogP contribution in [-0.2, 0) is 4.79 Å². The summed E-state index contributed by atoms with van der Waals surface area (Å²) in [4.78, 5) is 43.9. The molecular formula is C22H25N3O3. The van der Waals surface area contributed by atoms with Gasteiger partial charge in [-0.15, -0.1) is 0 Å². The summed E-state index contributed by atoms with van der Waals surface area (Å²) < 4.78 is 0. The molecule has 1 aromatic heterocycles. The number of nitrogens with zero attached hydrogens (tertiary/aromatic N) is 2. The number of carbonyl (C=O) groups excluding carboxylic acids is 2. The van der Waals surface area contributed by atoms with Crippen molar-refractivity contribution in [3.63, 3.8) is 0 Å². The van der Waals surface area contributed by atoms with Gasteiger partial charge in [0.1, 0.15) is 0 Å². The van der Waals surface area contributed by atoms with Crippen LogP contribution in [0.3, 0.4) is 0 Å². The maximum Gasteiger partial charge on any atom is 0.253 e. The van der Waals surface area contributed by atoms with Crippen molar-refractivity contribution in [1.82, 2.24) is 14.8 Å². The fraction of sp³-hybridized carbons (Fsp3) is 0.409. The zero-order valence-electron chi connectivity index (χ0n) is 15.9. The van der Waals surface area contributed by atoms with Crippen molar-refractivity contribution in [2.45, 2.75) is 25.7 Å². The van der Waals surface area contributed by atoms with E-state index in [4.69, 9.17) is 0 Å². The van der Waals surface area contributed by atoms with Crippen molar-refractivity contribution in [1.29, 1.82) is 0 Å². The molecule has 6 heteroatoms. The standard InChI is InChI=1S/C22H25N3O3/c26-20-10-4-9-19(23-20)16-6-3-7-17(14-16)21(27)25-13-5-8-18(15-25)22(28)24-11-1-2-12-24/h3-4,6-7,9-10,14,18H,1-2,5,8,11-13,15H2,(H,23,26). The average molecular weight is 379 g/mol. The first-order valence-electron chi connectivity index (χ1n) is 10.00. The predicted molar refractivity (Wildman–Crippen MR) is 107 cm³/mol. The number of nitrogens with one attached hydrogen (secondary N) is 1. The number of rotatable bonds is 3. The summed E-state index contributed by atoms with van der Waals surface area (Å²) in [5, 5.41) is 0. The Morgan fingerprint density at radius 1 is 0.929 bits per heavy atom. The number of aromatic amines is 1. The third-order valence-electron chi connectivity index (χ3n) is 5.66. The Hall–Kier alpha value is -2.89. The summed E-state index contributed by atoms with van der Waals surface area (Å²) in [6.45, 7) is 2.86. The second-order valence-electron chi connectivity index (χ2n) is 7.63. The van der Waals surface area contributed by atoms with Gasteiger partial charge in [0, 0.05) is 43.5 Å². The molecule has 0 bridgehead atoms. The fourth-order valence-corrected chi connectivity index (χ4v) is 4.18. The first kappa shape index (κ1) is 18.5. The number of H-pyrrole nitrogens is 1. The number of carbonyl (C=O) groups is 2. The average Bonchev–Trinajstić information content (AvgIpc) is 3.28. The molecule has 6 nitrogen and oxygen atoms in total. The van der Waals surface area contributed by atoms with Crippen LogP contribution in [0.5, 0.6) is 0 Å². The lowest BCUT2D eigenvalue weighted by atomic mass is 9.95. The van der Waals surface area contributed by atoms with E-state index in [2.05, 4.69) is 4.98 Å². The Kier molecular flexibility index (Phi) is 5.28. The summed E-state index contributed by atoms with van der Waals surface area (Å²) in [5.41, 5.74) is 1.89. The number of aromatic nitrogens is 1. The van der Waals surface area contributed by atoms with E-state index in [-0.39, 0.29) is 23.3 Å². The molecule has 2 aromatic rings. The number of likely N-dealkylation sites (tertiary alicyclic amines) is 2. The van der Waals surface area contributed by atoms with Crippen molar-refractivity contribution in [3.8, 4) is 11.3 Å². The number of pyridine rings is 1. The van der Waals surface area contributed by atoms with Crippen molar-refractivity contribution in [2.75, 3.05) is 26.2 Å². The third kappa shape index (κ3) is 3.86. The van der Waals surface area contributed by atoms with Gasteiger partial charge in [-0.25, -0.2) is 0 Å². The van der Waals surface area contributed by atoms with Crippen LogP contribution in [0.2, 0.25) is 0 Å². The first-order valence-corrected chi connectivity index (χ1v) is 10.00. The topological polar surface area (TPSA) is 73.5 Å². The minimum absolute atomic E-state index is 0.0564. The molecule has 146 valence electrons. The molecule has 0 spiro atoms. The van der Waals surface area contributed by atoms with Gasteiger partial charge in [-0.05, 0) is 49.4 Å². The molecule has 3 heterocycles. The van der Waals surface area contributed by atoms with Gasteiger partial charge in [0.25, 0.3) is 5.91 Å². The highest BCUT2D eigenvalue weighted by Gasteiger charge is 2.32. The first-order chi connectivity index (χ1) is 13.6. The lowest BCUT2D eigenvalue weighted by Gasteiger charge is -2.34. The van der Waals surface area contributed by atoms with Gasteiger partial charge in [-0.1, -0.05) is 18.2 Å². The van der Waals surface area contributed by atoms with Crippen LogP contribution in [0, 0.1) is 5.92 Å². The number of amides is 2. The Balaban J connectivity index is 1.50. The van der Waals surface area contributed by atoms with E-state index in [9.17, 15) is 14.4 Å². The van der Waals surface area contributed by atoms with Gasteiger partial charge in [-0.3, -0.25) is 14.4 Å². The van der Waals surface area contributed by atoms with Gasteiger partial charge in [0.05, 0.1) is 5.92 Å². The van der Waals surface area contributed by atoms with Gasteiger partial charge >= 0.3 is 0 Å². The molecule has 28 heavy (non-hydrogen) atoms. The highest BCUT2D eigenvalue weighted by atomic mass is 16.2. The monoisotopic (exact) mass is 379 g/mol. The summed E-state index contributed by atoms with van der Waals surface area (Å²) in [5.74, 6) is 0.0501. The predicted octanol–water partition coefficient (Wildman–Crippen LogP) is 2.52. The molecule has 4 rings (SSSR count). The lowest BCUT2D eigenvalue weighted by molar-refractivity contribution is -0.135. The second kappa shape index (κ2) is 8.00. The molecular weight excluding hydrogens is 354 g/mol. The van der Waals surface area contributed by atoms with Crippen LogP contribution in [0.1, 0.15) is 36.0 Å². The van der Waals surface area contributed by atoms with E-state index in [1.54, 1.807) is 23.1 Å². The molecule has 2 amide bonds. The quantitative estimate of drug-likeness (QED) is 0.891. The molecule has 0 radical (unpaired) electrons. The molecule has 2 aliphatic heterocycles. The Morgan fingerprint density at radius 3 is 2.46 bits per heavy atom. The molecule has 0 aliphatic carbocycles. The van der Waals surface area contributed by atoms with Gasteiger partial charge in [0.2, 0.25) is 11.5 Å². The molecule has 1 aromatic carbocycles. The second-order valence-corrected chi connectivity index (χ2v) is 7.63. The van der Waals surface area contributed by atoms with Crippen molar-refractivity contribution < 1.29 is 9.59 Å². The lowest BCUT2D eigenvalue weighted by Crippen LogP contribution is -2.46. The van der Waals surface area contributed by atoms with Crippen LogP contribution in [-0.4, -0.2) is 52.8 Å². The van der Waals surface area contributed by atoms with Crippen LogP contribution in [0.25, 0.3) is 11.3 Å². The number of hydrogen-bond acceptors (Lipinski definition) is 3. The highest BCUT2D eigenvalue weighted by molar-refractivity contribution is 5.96. The van der Waals surface area contributed by atoms with E-state index in [0.29, 0.717) is 24.3 Å². The van der Waals surface area contributed by atoms with Crippen molar-refractivity contribution in [2.24, 2.45) is 5.92 Å². The normalized spacial score (nSPS) is 19.6. The Labute approximate surface area is 164 Å². The van der Waals surface area contributed by atoms with Crippen LogP contribution >= 0.6 is 0 Å². The summed E-state index contributed by atoms with van der Waals surface area (Å²) >= 11 is 0. The van der Waals surface area contributed by atoms with Crippen LogP contribution < -0.4 is 5.56 Å². The van der Waals surface area contributed by atoms with E-state index in [1.807, 2.05) is 23.1 Å². The molecule has 1 unspecified atom stereocenters. The largest absolute Gasteiger partial charge is 0.342 e. The van der Waals surface area contributed by atoms with Crippen molar-refractivity contribution in [3.05, 3.63) is 58.4 Å². The summed E-state index contributed by atoms with van der Waals surface area (Å²) in [7, 11) is 0. The molecule has 1 atom stereocenters. The zero-order chi connectivity index (χ0) is 19.5. The van der Waals surface area contributed by atoms with Crippen LogP contribution in [0.15, 0.2) is 47.3 Å². The maximum absolute atomic E-state index is 13.1. The number of piperidine rings is 1. The van der Waals surface area contributed by atoms with E-state index < -0.39 is 0 Å². The Morgan fingerprint density at radius 2 is 1.68 bits per heavy atom. The highest BCUT2D eigenvalue weighted by Crippen LogP contribution is 2.24. The SMILES string of the molecule is O=C(c1cccc(-c2cccc(=O)[nH]2)c1)N1CCCC(C(=O)N2CCCC2)C1. The molecule has 1 N–H and O–H groups in total. The van der Waals surface area contributed by atoms with Gasteiger partial charge < -0.3 is 14.8 Å². The van der Waals surface area contributed by atoms with E-state index >= 15 is 0 Å². The van der Waals surface area contributed by atoms with E-state index in [0.717, 1.165) is 44.3 Å². The maximum atomic E-state index is 13.1. The summed E-state index contributed by atoms with van der Waals surface area (Å²) in [6, 6.07) is 12.3. The smallest absolute Gasteiger partial charge is 0.253 e. The van der Waals surface area contributed by atoms with Crippen LogP contribution in [0.4, 0.5) is 0 Å². The van der Waals surface area contributed by atoms with E-state index in [1.165, 1.54) is 6.07 Å². The van der Waals surface area contributed by atoms with Gasteiger partial charge in [0.15, 0.2) is 0 Å². The molecule has 2 fully saturated rings. The Bertz CT molecular complexity index is 930. The van der Waals surface area contributed by atoms with Gasteiger partial charge in [-0.2, -0.15) is 0 Å². The molecule has 2 saturated heterocycles. The minimum Gasteiger partial charge on any atom is -0.342 e. The third-order valence-corrected chi connectivity index (χ3v) is 5.66. The molecule has 0 saturated carbocycles. The minimum atomic E-state index is -0.173. The number of hydrogen-bond donors (Lipinski definition) is 1. The fourth-order valence-electron chi connectivity index (χ4n) is 4.18. The summed E-state index contributed by atoms with van der Waals surface area (Å²) in [6.07, 6.45) is 3.86. The number of benzene rings is 1.